The average molecular weight is 599 g/mol. The fourth-order valence-electron chi connectivity index (χ4n) is 5.79. The number of benzene rings is 4. The Morgan fingerprint density at radius 2 is 1.43 bits per heavy atom. The average Bonchev–Trinajstić information content (AvgIpc) is 3.01. The zero-order valence-electron chi connectivity index (χ0n) is 26.5. The minimum atomic E-state index is -0.605. The van der Waals surface area contributed by atoms with E-state index in [1.807, 2.05) is 30.3 Å². The first-order valence-electron chi connectivity index (χ1n) is 15.7. The molecule has 0 bridgehead atoms. The van der Waals surface area contributed by atoms with Crippen LogP contribution in [0.15, 0.2) is 91.0 Å². The first kappa shape index (κ1) is 33.0. The molecule has 3 N–H and O–H groups in total. The summed E-state index contributed by atoms with van der Waals surface area (Å²) in [5.41, 5.74) is 5.35. The number of ether oxygens (including phenoxy) is 1. The lowest BCUT2D eigenvalue weighted by molar-refractivity contribution is 0.170. The van der Waals surface area contributed by atoms with E-state index < -0.39 is 5.82 Å². The predicted octanol–water partition coefficient (Wildman–Crippen LogP) is 7.83. The van der Waals surface area contributed by atoms with Gasteiger partial charge in [-0.3, -0.25) is 4.90 Å². The van der Waals surface area contributed by atoms with Gasteiger partial charge in [-0.1, -0.05) is 60.7 Å². The molecule has 0 aromatic heterocycles. The Balaban J connectivity index is 1.31. The van der Waals surface area contributed by atoms with E-state index in [-0.39, 0.29) is 11.7 Å². The number of phenolic OH excluding ortho intramolecular Hbond substituents is 2. The maximum absolute atomic E-state index is 13.2. The SMILES string of the molecule is CC(C)N(CCC(c1ccccc1)c1cc(CCOc2ccc(CCNCc3ccc(F)c(O)c3)cc2)ccc1O)C(C)C. The summed E-state index contributed by atoms with van der Waals surface area (Å²) in [7, 11) is 0. The second-order valence-electron chi connectivity index (χ2n) is 12.0. The quantitative estimate of drug-likeness (QED) is 0.115. The Morgan fingerprint density at radius 1 is 0.750 bits per heavy atom. The lowest BCUT2D eigenvalue weighted by Crippen LogP contribution is -2.38. The van der Waals surface area contributed by atoms with Crippen molar-refractivity contribution in [3.05, 3.63) is 125 Å². The molecule has 4 rings (SSSR count). The molecule has 0 saturated heterocycles. The molecule has 0 aliphatic carbocycles. The van der Waals surface area contributed by atoms with Crippen molar-refractivity contribution in [2.45, 2.75) is 71.5 Å². The van der Waals surface area contributed by atoms with Gasteiger partial charge in [-0.25, -0.2) is 4.39 Å². The molecule has 4 aromatic rings. The Kier molecular flexibility index (Phi) is 12.2. The zero-order chi connectivity index (χ0) is 31.5. The van der Waals surface area contributed by atoms with Crippen LogP contribution in [-0.4, -0.2) is 46.9 Å². The van der Waals surface area contributed by atoms with Crippen molar-refractivity contribution < 1.29 is 19.3 Å². The van der Waals surface area contributed by atoms with Crippen LogP contribution in [0.5, 0.6) is 17.2 Å². The number of hydrogen-bond acceptors (Lipinski definition) is 5. The van der Waals surface area contributed by atoms with E-state index in [9.17, 15) is 14.6 Å². The fraction of sp³-hybridized carbons (Fsp3) is 0.368. The van der Waals surface area contributed by atoms with Crippen molar-refractivity contribution in [3.63, 3.8) is 0 Å². The number of rotatable bonds is 16. The summed E-state index contributed by atoms with van der Waals surface area (Å²) in [6.07, 6.45) is 2.51. The summed E-state index contributed by atoms with van der Waals surface area (Å²) in [6.45, 7) is 11.8. The number of aromatic hydroxyl groups is 2. The number of nitrogens with one attached hydrogen (secondary N) is 1. The van der Waals surface area contributed by atoms with Crippen LogP contribution >= 0.6 is 0 Å². The highest BCUT2D eigenvalue weighted by molar-refractivity contribution is 5.44. The smallest absolute Gasteiger partial charge is 0.164 e. The molecule has 0 heterocycles. The molecule has 4 aromatic carbocycles. The van der Waals surface area contributed by atoms with Crippen LogP contribution in [-0.2, 0) is 19.4 Å². The molecule has 44 heavy (non-hydrogen) atoms. The van der Waals surface area contributed by atoms with Gasteiger partial charge in [-0.2, -0.15) is 0 Å². The highest BCUT2D eigenvalue weighted by Crippen LogP contribution is 2.35. The van der Waals surface area contributed by atoms with Crippen LogP contribution in [0, 0.1) is 5.82 Å². The molecule has 0 amide bonds. The van der Waals surface area contributed by atoms with E-state index in [4.69, 9.17) is 4.74 Å². The van der Waals surface area contributed by atoms with Gasteiger partial charge < -0.3 is 20.3 Å². The predicted molar refractivity (Wildman–Crippen MR) is 177 cm³/mol. The van der Waals surface area contributed by atoms with Gasteiger partial charge in [0.2, 0.25) is 0 Å². The van der Waals surface area contributed by atoms with E-state index in [0.717, 1.165) is 54.8 Å². The maximum atomic E-state index is 13.2. The second kappa shape index (κ2) is 16.3. The van der Waals surface area contributed by atoms with E-state index >= 15 is 0 Å². The van der Waals surface area contributed by atoms with Gasteiger partial charge in [-0.05, 0) is 106 Å². The summed E-state index contributed by atoms with van der Waals surface area (Å²) in [4.78, 5) is 2.51. The molecular weight excluding hydrogens is 551 g/mol. The van der Waals surface area contributed by atoms with Gasteiger partial charge in [0.15, 0.2) is 11.6 Å². The van der Waals surface area contributed by atoms with E-state index in [1.54, 1.807) is 6.07 Å². The molecule has 0 radical (unpaired) electrons. The van der Waals surface area contributed by atoms with Crippen LogP contribution in [0.4, 0.5) is 4.39 Å². The summed E-state index contributed by atoms with van der Waals surface area (Å²) in [5, 5.41) is 23.8. The molecule has 0 aliphatic rings. The summed E-state index contributed by atoms with van der Waals surface area (Å²) in [5.74, 6) is 0.336. The number of hydrogen-bond donors (Lipinski definition) is 3. The summed E-state index contributed by atoms with van der Waals surface area (Å²) < 4.78 is 19.3. The molecule has 5 nitrogen and oxygen atoms in total. The van der Waals surface area contributed by atoms with Gasteiger partial charge in [0.25, 0.3) is 0 Å². The third kappa shape index (κ3) is 9.57. The van der Waals surface area contributed by atoms with Gasteiger partial charge in [0, 0.05) is 36.5 Å². The molecular formula is C38H47FN2O3. The minimum Gasteiger partial charge on any atom is -0.508 e. The summed E-state index contributed by atoms with van der Waals surface area (Å²) >= 11 is 0. The largest absolute Gasteiger partial charge is 0.508 e. The van der Waals surface area contributed by atoms with Crippen LogP contribution < -0.4 is 10.1 Å². The third-order valence-electron chi connectivity index (χ3n) is 8.18. The van der Waals surface area contributed by atoms with Crippen molar-refractivity contribution in [1.82, 2.24) is 10.2 Å². The Labute approximate surface area is 262 Å². The van der Waals surface area contributed by atoms with Gasteiger partial charge in [0.1, 0.15) is 11.5 Å². The van der Waals surface area contributed by atoms with Crippen molar-refractivity contribution >= 4 is 0 Å². The molecule has 0 spiro atoms. The highest BCUT2D eigenvalue weighted by atomic mass is 19.1. The molecule has 0 saturated carbocycles. The Bertz CT molecular complexity index is 1430. The normalized spacial score (nSPS) is 12.3. The lowest BCUT2D eigenvalue weighted by atomic mass is 9.86. The molecule has 6 heteroatoms. The van der Waals surface area contributed by atoms with Gasteiger partial charge in [-0.15, -0.1) is 0 Å². The number of halogens is 1. The van der Waals surface area contributed by atoms with Crippen molar-refractivity contribution in [3.8, 4) is 17.2 Å². The van der Waals surface area contributed by atoms with E-state index in [0.29, 0.717) is 31.0 Å². The van der Waals surface area contributed by atoms with Crippen LogP contribution in [0.25, 0.3) is 0 Å². The monoisotopic (exact) mass is 598 g/mol. The topological polar surface area (TPSA) is 65.0 Å². The second-order valence-corrected chi connectivity index (χ2v) is 12.0. The van der Waals surface area contributed by atoms with Crippen molar-refractivity contribution in [1.29, 1.82) is 0 Å². The molecule has 0 aliphatic heterocycles. The molecule has 0 fully saturated rings. The first-order valence-corrected chi connectivity index (χ1v) is 15.7. The van der Waals surface area contributed by atoms with Gasteiger partial charge in [0.05, 0.1) is 6.61 Å². The number of phenols is 2. The van der Waals surface area contributed by atoms with E-state index in [2.05, 4.69) is 80.4 Å². The maximum Gasteiger partial charge on any atom is 0.164 e. The summed E-state index contributed by atoms with van der Waals surface area (Å²) in [6, 6.07) is 29.9. The highest BCUT2D eigenvalue weighted by Gasteiger charge is 2.21. The van der Waals surface area contributed by atoms with Gasteiger partial charge >= 0.3 is 0 Å². The lowest BCUT2D eigenvalue weighted by Gasteiger charge is -2.32. The Morgan fingerprint density at radius 3 is 2.11 bits per heavy atom. The standard InChI is InChI=1S/C38H47FN2O3/c1-27(2)41(28(3)4)22-19-34(32-8-6-5-7-9-32)35-24-30(13-17-37(35)42)20-23-44-33-14-10-29(11-15-33)18-21-40-26-31-12-16-36(39)38(43)25-31/h5-17,24-25,27-28,34,40,42-43H,18-23,26H2,1-4H3. The van der Waals surface area contributed by atoms with Crippen molar-refractivity contribution in [2.24, 2.45) is 0 Å². The van der Waals surface area contributed by atoms with E-state index in [1.165, 1.54) is 23.3 Å². The van der Waals surface area contributed by atoms with Crippen LogP contribution in [0.1, 0.15) is 67.9 Å². The van der Waals surface area contributed by atoms with Crippen LogP contribution in [0.3, 0.4) is 0 Å². The molecule has 234 valence electrons. The minimum absolute atomic E-state index is 0.0990. The van der Waals surface area contributed by atoms with Crippen LogP contribution in [0.2, 0.25) is 0 Å². The zero-order valence-corrected chi connectivity index (χ0v) is 26.5. The van der Waals surface area contributed by atoms with Crippen molar-refractivity contribution in [2.75, 3.05) is 19.7 Å². The first-order chi connectivity index (χ1) is 21.2. The molecule has 1 atom stereocenters. The number of nitrogens with zero attached hydrogens (tertiary/aromatic N) is 1. The third-order valence-corrected chi connectivity index (χ3v) is 8.18. The molecule has 1 unspecified atom stereocenters. The fourth-order valence-corrected chi connectivity index (χ4v) is 5.79. The Hall–Kier alpha value is -3.87.